The molecular formula is C16H15NO2. The van der Waals surface area contributed by atoms with Crippen molar-refractivity contribution in [3.05, 3.63) is 59.8 Å². The summed E-state index contributed by atoms with van der Waals surface area (Å²) in [5, 5.41) is 2.27. The van der Waals surface area contributed by atoms with Crippen molar-refractivity contribution in [1.82, 2.24) is 4.98 Å². The summed E-state index contributed by atoms with van der Waals surface area (Å²) in [6.07, 6.45) is 0. The van der Waals surface area contributed by atoms with Gasteiger partial charge in [0.2, 0.25) is 5.89 Å². The maximum atomic E-state index is 5.82. The molecule has 0 spiro atoms. The van der Waals surface area contributed by atoms with Gasteiger partial charge in [-0.05, 0) is 25.3 Å². The van der Waals surface area contributed by atoms with E-state index in [2.05, 4.69) is 23.2 Å². The molecule has 3 heteroatoms. The quantitative estimate of drug-likeness (QED) is 0.707. The second-order valence-electron chi connectivity index (χ2n) is 4.52. The number of fused-ring (bicyclic) bond motifs is 1. The molecule has 0 bridgehead atoms. The average molecular weight is 253 g/mol. The molecule has 1 heterocycles. The molecule has 0 atom stereocenters. The Morgan fingerprint density at radius 2 is 1.84 bits per heavy atom. The fourth-order valence-corrected chi connectivity index (χ4v) is 2.06. The molecule has 0 aliphatic rings. The molecule has 0 fully saturated rings. The predicted octanol–water partition coefficient (Wildman–Crippen LogP) is 4.02. The summed E-state index contributed by atoms with van der Waals surface area (Å²) >= 11 is 0. The highest BCUT2D eigenvalue weighted by Gasteiger charge is 2.07. The zero-order valence-electron chi connectivity index (χ0n) is 11.0. The van der Waals surface area contributed by atoms with Crippen LogP contribution in [0.3, 0.4) is 0 Å². The minimum Gasteiger partial charge on any atom is -0.483 e. The predicted molar refractivity (Wildman–Crippen MR) is 74.3 cm³/mol. The summed E-state index contributed by atoms with van der Waals surface area (Å²) in [5.74, 6) is 2.31. The lowest BCUT2D eigenvalue weighted by Gasteiger charge is -2.07. The Kier molecular flexibility index (Phi) is 2.95. The van der Waals surface area contributed by atoms with E-state index in [1.807, 2.05) is 38.1 Å². The monoisotopic (exact) mass is 253 g/mol. The molecule has 0 aliphatic carbocycles. The minimum atomic E-state index is 0.350. The largest absolute Gasteiger partial charge is 0.483 e. The summed E-state index contributed by atoms with van der Waals surface area (Å²) < 4.78 is 11.3. The van der Waals surface area contributed by atoms with Crippen LogP contribution >= 0.6 is 0 Å². The van der Waals surface area contributed by atoms with Crippen LogP contribution in [0.1, 0.15) is 17.3 Å². The van der Waals surface area contributed by atoms with Crippen molar-refractivity contribution in [1.29, 1.82) is 0 Å². The smallest absolute Gasteiger partial charge is 0.232 e. The molecule has 19 heavy (non-hydrogen) atoms. The van der Waals surface area contributed by atoms with Crippen LogP contribution in [-0.4, -0.2) is 4.98 Å². The van der Waals surface area contributed by atoms with Gasteiger partial charge in [-0.25, -0.2) is 4.98 Å². The van der Waals surface area contributed by atoms with Crippen LogP contribution in [0.2, 0.25) is 0 Å². The van der Waals surface area contributed by atoms with E-state index in [1.54, 1.807) is 0 Å². The third-order valence-electron chi connectivity index (χ3n) is 3.17. The Morgan fingerprint density at radius 1 is 1.05 bits per heavy atom. The molecule has 0 saturated carbocycles. The van der Waals surface area contributed by atoms with Gasteiger partial charge < -0.3 is 9.15 Å². The van der Waals surface area contributed by atoms with E-state index in [-0.39, 0.29) is 0 Å². The van der Waals surface area contributed by atoms with Crippen LogP contribution in [0.5, 0.6) is 5.75 Å². The van der Waals surface area contributed by atoms with Crippen LogP contribution < -0.4 is 4.74 Å². The van der Waals surface area contributed by atoms with Gasteiger partial charge in [-0.3, -0.25) is 0 Å². The van der Waals surface area contributed by atoms with Gasteiger partial charge in [0.1, 0.15) is 11.5 Å². The molecule has 0 unspecified atom stereocenters. The molecular weight excluding hydrogens is 238 g/mol. The third-order valence-corrected chi connectivity index (χ3v) is 3.17. The SMILES string of the molecule is Cc1nc(COc2cccc3ccccc23)oc1C. The van der Waals surface area contributed by atoms with E-state index < -0.39 is 0 Å². The van der Waals surface area contributed by atoms with Gasteiger partial charge >= 0.3 is 0 Å². The lowest BCUT2D eigenvalue weighted by atomic mass is 10.1. The van der Waals surface area contributed by atoms with Crippen molar-refractivity contribution >= 4 is 10.8 Å². The van der Waals surface area contributed by atoms with Crippen molar-refractivity contribution in [3.63, 3.8) is 0 Å². The summed E-state index contributed by atoms with van der Waals surface area (Å²) in [6, 6.07) is 14.2. The number of hydrogen-bond acceptors (Lipinski definition) is 3. The van der Waals surface area contributed by atoms with Crippen LogP contribution in [0.4, 0.5) is 0 Å². The number of ether oxygens (including phenoxy) is 1. The Bertz CT molecular complexity index is 691. The van der Waals surface area contributed by atoms with Crippen molar-refractivity contribution in [2.45, 2.75) is 20.5 Å². The van der Waals surface area contributed by atoms with E-state index in [1.165, 1.54) is 5.39 Å². The third kappa shape index (κ3) is 2.32. The first-order chi connectivity index (χ1) is 9.24. The van der Waals surface area contributed by atoms with Crippen molar-refractivity contribution in [2.24, 2.45) is 0 Å². The summed E-state index contributed by atoms with van der Waals surface area (Å²) in [4.78, 5) is 4.31. The Labute approximate surface area is 111 Å². The van der Waals surface area contributed by atoms with Gasteiger partial charge in [-0.1, -0.05) is 36.4 Å². The average Bonchev–Trinajstić information content (AvgIpc) is 2.75. The number of aryl methyl sites for hydroxylation is 2. The van der Waals surface area contributed by atoms with Crippen molar-refractivity contribution < 1.29 is 9.15 Å². The summed E-state index contributed by atoms with van der Waals surface area (Å²) in [7, 11) is 0. The first-order valence-electron chi connectivity index (χ1n) is 6.27. The number of rotatable bonds is 3. The molecule has 3 rings (SSSR count). The lowest BCUT2D eigenvalue weighted by molar-refractivity contribution is 0.263. The number of benzene rings is 2. The number of hydrogen-bond donors (Lipinski definition) is 0. The maximum Gasteiger partial charge on any atom is 0.232 e. The van der Waals surface area contributed by atoms with Gasteiger partial charge in [0.15, 0.2) is 6.61 Å². The van der Waals surface area contributed by atoms with Gasteiger partial charge in [0.05, 0.1) is 5.69 Å². The fourth-order valence-electron chi connectivity index (χ4n) is 2.06. The van der Waals surface area contributed by atoms with Crippen LogP contribution in [0.25, 0.3) is 10.8 Å². The molecule has 1 aromatic heterocycles. The molecule has 0 N–H and O–H groups in total. The first kappa shape index (κ1) is 11.8. The van der Waals surface area contributed by atoms with E-state index in [0.29, 0.717) is 12.5 Å². The van der Waals surface area contributed by atoms with Gasteiger partial charge in [0.25, 0.3) is 0 Å². The Hall–Kier alpha value is -2.29. The minimum absolute atomic E-state index is 0.350. The summed E-state index contributed by atoms with van der Waals surface area (Å²) in [6.45, 7) is 4.19. The lowest BCUT2D eigenvalue weighted by Crippen LogP contribution is -1.96. The van der Waals surface area contributed by atoms with Crippen molar-refractivity contribution in [3.8, 4) is 5.75 Å². The molecule has 3 nitrogen and oxygen atoms in total. The second kappa shape index (κ2) is 4.76. The topological polar surface area (TPSA) is 35.3 Å². The van der Waals surface area contributed by atoms with Crippen LogP contribution in [0, 0.1) is 13.8 Å². The molecule has 2 aromatic carbocycles. The van der Waals surface area contributed by atoms with E-state index in [9.17, 15) is 0 Å². The van der Waals surface area contributed by atoms with Crippen LogP contribution in [-0.2, 0) is 6.61 Å². The van der Waals surface area contributed by atoms with Gasteiger partial charge in [0, 0.05) is 5.39 Å². The van der Waals surface area contributed by atoms with Gasteiger partial charge in [-0.2, -0.15) is 0 Å². The highest BCUT2D eigenvalue weighted by atomic mass is 16.5. The normalized spacial score (nSPS) is 10.8. The van der Waals surface area contributed by atoms with E-state index in [4.69, 9.17) is 9.15 Å². The van der Waals surface area contributed by atoms with Crippen molar-refractivity contribution in [2.75, 3.05) is 0 Å². The standard InChI is InChI=1S/C16H15NO2/c1-11-12(2)19-16(17-11)10-18-15-9-5-7-13-6-3-4-8-14(13)15/h3-9H,10H2,1-2H3. The van der Waals surface area contributed by atoms with Gasteiger partial charge in [-0.15, -0.1) is 0 Å². The molecule has 0 radical (unpaired) electrons. The second-order valence-corrected chi connectivity index (χ2v) is 4.52. The molecule has 3 aromatic rings. The molecule has 0 amide bonds. The first-order valence-corrected chi connectivity index (χ1v) is 6.27. The zero-order valence-corrected chi connectivity index (χ0v) is 11.0. The number of aromatic nitrogens is 1. The van der Waals surface area contributed by atoms with E-state index in [0.717, 1.165) is 22.6 Å². The van der Waals surface area contributed by atoms with E-state index >= 15 is 0 Å². The fraction of sp³-hybridized carbons (Fsp3) is 0.188. The molecule has 0 aliphatic heterocycles. The Balaban J connectivity index is 1.85. The summed E-state index contributed by atoms with van der Waals surface area (Å²) in [5.41, 5.74) is 0.913. The maximum absolute atomic E-state index is 5.82. The molecule has 96 valence electrons. The molecule has 0 saturated heterocycles. The highest BCUT2D eigenvalue weighted by molar-refractivity contribution is 5.88. The zero-order chi connectivity index (χ0) is 13.2. The van der Waals surface area contributed by atoms with Crippen LogP contribution in [0.15, 0.2) is 46.9 Å². The number of oxazole rings is 1. The number of nitrogens with zero attached hydrogens (tertiary/aromatic N) is 1. The highest BCUT2D eigenvalue weighted by Crippen LogP contribution is 2.25. The Morgan fingerprint density at radius 3 is 2.63 bits per heavy atom.